The largest absolute Gasteiger partial charge is 0.465 e. The van der Waals surface area contributed by atoms with Crippen LogP contribution in [0.4, 0.5) is 0 Å². The van der Waals surface area contributed by atoms with E-state index in [0.717, 1.165) is 20.8 Å². The minimum Gasteiger partial charge on any atom is -0.465 e. The zero-order valence-corrected chi connectivity index (χ0v) is 14.4. The van der Waals surface area contributed by atoms with E-state index in [0.29, 0.717) is 13.0 Å². The van der Waals surface area contributed by atoms with Gasteiger partial charge in [-0.1, -0.05) is 42.5 Å². The third kappa shape index (κ3) is 3.39. The van der Waals surface area contributed by atoms with Crippen LogP contribution in [-0.2, 0) is 9.53 Å². The van der Waals surface area contributed by atoms with Crippen LogP contribution in [0.25, 0.3) is 21.3 Å². The molecule has 0 aliphatic carbocycles. The third-order valence-electron chi connectivity index (χ3n) is 3.78. The fourth-order valence-corrected chi connectivity index (χ4v) is 3.72. The fraction of sp³-hybridized carbons (Fsp3) is 0.200. The molecule has 1 heterocycles. The van der Waals surface area contributed by atoms with Crippen LogP contribution in [0.2, 0.25) is 0 Å². The van der Waals surface area contributed by atoms with E-state index < -0.39 is 0 Å². The average molecular weight is 337 g/mol. The van der Waals surface area contributed by atoms with Crippen LogP contribution in [-0.4, -0.2) is 17.6 Å². The van der Waals surface area contributed by atoms with E-state index in [-0.39, 0.29) is 11.9 Å². The van der Waals surface area contributed by atoms with Crippen LogP contribution < -0.4 is 0 Å². The van der Waals surface area contributed by atoms with Crippen LogP contribution in [0.1, 0.15) is 24.3 Å². The minimum atomic E-state index is -0.375. The number of benzene rings is 2. The molecule has 0 N–H and O–H groups in total. The van der Waals surface area contributed by atoms with Crippen LogP contribution in [0.5, 0.6) is 0 Å². The number of carbonyl (C=O) groups excluding carboxylic acids is 1. The predicted octanol–water partition coefficient (Wildman–Crippen LogP) is 5.19. The van der Waals surface area contributed by atoms with Gasteiger partial charge in [0, 0.05) is 0 Å². The van der Waals surface area contributed by atoms with Crippen molar-refractivity contribution in [3.05, 3.63) is 66.2 Å². The molecule has 0 radical (unpaired) electrons. The van der Waals surface area contributed by atoms with Crippen molar-refractivity contribution in [1.29, 1.82) is 0 Å². The molecule has 0 bridgehead atoms. The van der Waals surface area contributed by atoms with Gasteiger partial charge < -0.3 is 4.74 Å². The quantitative estimate of drug-likeness (QED) is 0.459. The first-order valence-electron chi connectivity index (χ1n) is 7.96. The number of nitrogens with zero attached hydrogens (tertiary/aromatic N) is 1. The van der Waals surface area contributed by atoms with E-state index in [1.54, 1.807) is 17.4 Å². The van der Waals surface area contributed by atoms with Gasteiger partial charge in [0.15, 0.2) is 0 Å². The van der Waals surface area contributed by atoms with E-state index in [9.17, 15) is 4.79 Å². The summed E-state index contributed by atoms with van der Waals surface area (Å²) >= 11 is 1.55. The topological polar surface area (TPSA) is 39.2 Å². The molecule has 2 aromatic carbocycles. The van der Waals surface area contributed by atoms with Crippen molar-refractivity contribution >= 4 is 27.5 Å². The van der Waals surface area contributed by atoms with Gasteiger partial charge in [-0.25, -0.2) is 4.98 Å². The third-order valence-corrected chi connectivity index (χ3v) is 4.92. The lowest BCUT2D eigenvalue weighted by atomic mass is 10.1. The minimum absolute atomic E-state index is 0.236. The molecule has 1 aromatic heterocycles. The highest BCUT2D eigenvalue weighted by atomic mass is 32.1. The van der Waals surface area contributed by atoms with Crippen molar-refractivity contribution in [2.24, 2.45) is 0 Å². The van der Waals surface area contributed by atoms with Crippen molar-refractivity contribution in [3.8, 4) is 11.1 Å². The summed E-state index contributed by atoms with van der Waals surface area (Å²) in [5.74, 6) is -0.611. The molecule has 0 saturated carbocycles. The molecule has 1 unspecified atom stereocenters. The van der Waals surface area contributed by atoms with Crippen molar-refractivity contribution < 1.29 is 9.53 Å². The maximum absolute atomic E-state index is 12.2. The molecule has 0 amide bonds. The lowest BCUT2D eigenvalue weighted by molar-refractivity contribution is -0.144. The first-order chi connectivity index (χ1) is 11.7. The van der Waals surface area contributed by atoms with Crippen molar-refractivity contribution in [2.75, 3.05) is 6.61 Å². The Balaban J connectivity index is 1.98. The van der Waals surface area contributed by atoms with Crippen LogP contribution >= 0.6 is 11.3 Å². The van der Waals surface area contributed by atoms with Crippen LogP contribution in [0.15, 0.2) is 61.2 Å². The second-order valence-corrected chi connectivity index (χ2v) is 6.49. The van der Waals surface area contributed by atoms with Gasteiger partial charge in [-0.05, 0) is 36.6 Å². The normalized spacial score (nSPS) is 12.0. The van der Waals surface area contributed by atoms with E-state index in [1.165, 1.54) is 5.56 Å². The van der Waals surface area contributed by atoms with Gasteiger partial charge in [0.05, 0.1) is 16.8 Å². The smallest absolute Gasteiger partial charge is 0.316 e. The molecule has 0 spiro atoms. The Bertz CT molecular complexity index is 854. The maximum Gasteiger partial charge on any atom is 0.316 e. The second-order valence-electron chi connectivity index (χ2n) is 5.43. The molecule has 0 fully saturated rings. The molecule has 0 saturated heterocycles. The van der Waals surface area contributed by atoms with Gasteiger partial charge in [-0.2, -0.15) is 0 Å². The van der Waals surface area contributed by atoms with Gasteiger partial charge in [-0.15, -0.1) is 17.9 Å². The average Bonchev–Trinajstić information content (AvgIpc) is 3.03. The second kappa shape index (κ2) is 7.41. The number of hydrogen-bond acceptors (Lipinski definition) is 4. The Labute approximate surface area is 145 Å². The van der Waals surface area contributed by atoms with Gasteiger partial charge in [0.25, 0.3) is 0 Å². The lowest BCUT2D eigenvalue weighted by Crippen LogP contribution is -2.15. The zero-order chi connectivity index (χ0) is 16.9. The highest BCUT2D eigenvalue weighted by molar-refractivity contribution is 7.18. The first-order valence-corrected chi connectivity index (χ1v) is 8.78. The molecule has 0 aliphatic heterocycles. The van der Waals surface area contributed by atoms with Gasteiger partial charge in [0.2, 0.25) is 0 Å². The maximum atomic E-state index is 12.2. The van der Waals surface area contributed by atoms with Crippen molar-refractivity contribution in [3.63, 3.8) is 0 Å². The molecular weight excluding hydrogens is 318 g/mol. The SMILES string of the molecule is C=CCC(C(=O)OCC)c1nc2ccc(-c3ccccc3)cc2s1. The molecule has 0 aliphatic rings. The summed E-state index contributed by atoms with van der Waals surface area (Å²) in [5, 5.41) is 0.786. The molecule has 4 heteroatoms. The number of rotatable bonds is 6. The van der Waals surface area contributed by atoms with E-state index in [1.807, 2.05) is 31.2 Å². The summed E-state index contributed by atoms with van der Waals surface area (Å²) in [5.41, 5.74) is 3.23. The van der Waals surface area contributed by atoms with Crippen LogP contribution in [0.3, 0.4) is 0 Å². The number of carbonyl (C=O) groups is 1. The fourth-order valence-electron chi connectivity index (χ4n) is 2.61. The Morgan fingerprint density at radius 1 is 1.25 bits per heavy atom. The molecule has 122 valence electrons. The Hall–Kier alpha value is -2.46. The number of allylic oxidation sites excluding steroid dienone is 1. The molecule has 1 atom stereocenters. The molecule has 24 heavy (non-hydrogen) atoms. The zero-order valence-electron chi connectivity index (χ0n) is 13.6. The van der Waals surface area contributed by atoms with Gasteiger partial charge >= 0.3 is 5.97 Å². The first kappa shape index (κ1) is 16.4. The monoisotopic (exact) mass is 337 g/mol. The van der Waals surface area contributed by atoms with E-state index in [4.69, 9.17) is 4.74 Å². The molecule has 3 nitrogen and oxygen atoms in total. The summed E-state index contributed by atoms with van der Waals surface area (Å²) in [4.78, 5) is 16.8. The summed E-state index contributed by atoms with van der Waals surface area (Å²) in [6.45, 7) is 5.93. The number of hydrogen-bond donors (Lipinski definition) is 0. The van der Waals surface area contributed by atoms with Crippen LogP contribution in [0, 0.1) is 0 Å². The number of thiazole rings is 1. The van der Waals surface area contributed by atoms with Gasteiger partial charge in [0.1, 0.15) is 10.9 Å². The summed E-state index contributed by atoms with van der Waals surface area (Å²) in [6.07, 6.45) is 2.27. The highest BCUT2D eigenvalue weighted by Crippen LogP contribution is 2.33. The Morgan fingerprint density at radius 3 is 2.75 bits per heavy atom. The highest BCUT2D eigenvalue weighted by Gasteiger charge is 2.24. The lowest BCUT2D eigenvalue weighted by Gasteiger charge is -2.10. The van der Waals surface area contributed by atoms with Crippen molar-refractivity contribution in [1.82, 2.24) is 4.98 Å². The number of ether oxygens (including phenoxy) is 1. The number of esters is 1. The Morgan fingerprint density at radius 2 is 2.04 bits per heavy atom. The standard InChI is InChI=1S/C20H19NO2S/c1-3-8-16(20(22)23-4-2)19-21-17-12-11-15(13-18(17)24-19)14-9-6-5-7-10-14/h3,5-7,9-13,16H,1,4,8H2,2H3. The van der Waals surface area contributed by atoms with Gasteiger partial charge in [-0.3, -0.25) is 4.79 Å². The summed E-state index contributed by atoms with van der Waals surface area (Å²) in [7, 11) is 0. The van der Waals surface area contributed by atoms with E-state index >= 15 is 0 Å². The Kier molecular flexibility index (Phi) is 5.06. The summed E-state index contributed by atoms with van der Waals surface area (Å²) < 4.78 is 6.25. The van der Waals surface area contributed by atoms with Crippen molar-refractivity contribution in [2.45, 2.75) is 19.3 Å². The van der Waals surface area contributed by atoms with E-state index in [2.05, 4.69) is 35.8 Å². The molecular formula is C20H19NO2S. The predicted molar refractivity (Wildman–Crippen MR) is 99.2 cm³/mol. The summed E-state index contributed by atoms with van der Waals surface area (Å²) in [6, 6.07) is 16.4. The molecule has 3 aromatic rings. The number of fused-ring (bicyclic) bond motifs is 1. The number of aromatic nitrogens is 1. The molecule has 3 rings (SSSR count).